The zero-order valence-corrected chi connectivity index (χ0v) is 34.6. The van der Waals surface area contributed by atoms with E-state index in [4.69, 9.17) is 23.9 Å². The van der Waals surface area contributed by atoms with Gasteiger partial charge in [-0.05, 0) is 95.7 Å². The van der Waals surface area contributed by atoms with Crippen molar-refractivity contribution in [3.05, 3.63) is 34.4 Å². The number of ether oxygens (including phenoxy) is 3. The van der Waals surface area contributed by atoms with Gasteiger partial charge in [-0.2, -0.15) is 10.1 Å². The Hall–Kier alpha value is -2.71. The van der Waals surface area contributed by atoms with Gasteiger partial charge < -0.3 is 23.9 Å². The maximum Gasteiger partial charge on any atom is 0.344 e. The van der Waals surface area contributed by atoms with Crippen LogP contribution >= 0.6 is 0 Å². The molecular formula is C40H63F2N3O8. The summed E-state index contributed by atoms with van der Waals surface area (Å²) < 4.78 is 50.6. The molecule has 300 valence electrons. The molecule has 11 nitrogen and oxygen atoms in total. The molecule has 0 bridgehead atoms. The summed E-state index contributed by atoms with van der Waals surface area (Å²) in [5.41, 5.74) is -5.70. The highest BCUT2D eigenvalue weighted by atomic mass is 19.1. The minimum Gasteiger partial charge on any atom is -0.459 e. The van der Waals surface area contributed by atoms with Gasteiger partial charge >= 0.3 is 17.9 Å². The van der Waals surface area contributed by atoms with Crippen LogP contribution in [0.4, 0.5) is 8.78 Å². The molecule has 0 aliphatic carbocycles. The van der Waals surface area contributed by atoms with E-state index in [9.17, 15) is 14.4 Å². The highest BCUT2D eigenvalue weighted by Crippen LogP contribution is 2.43. The zero-order chi connectivity index (χ0) is 40.3. The lowest BCUT2D eigenvalue weighted by Gasteiger charge is -2.54. The fraction of sp³-hybridized carbons (Fsp3) is 0.775. The van der Waals surface area contributed by atoms with Crippen molar-refractivity contribution in [1.29, 1.82) is 0 Å². The number of esters is 3. The lowest BCUT2D eigenvalue weighted by atomic mass is 9.78. The number of benzene rings is 1. The average molecular weight is 752 g/mol. The third kappa shape index (κ3) is 8.59. The van der Waals surface area contributed by atoms with Gasteiger partial charge in [-0.15, -0.1) is 0 Å². The third-order valence-electron chi connectivity index (χ3n) is 11.4. The standard InChI is InChI=1S/C40H63F2N3O8/c1-16-43-35(2,3)18-24(19-36(43,4)5)51-32(46)27-17-28(33(47)52-25-20-37(6,7)44(49-14)38(8,9)21-25)31(42)29(30(27)41)34(48)53-26-22-39(10,11)45(50-15)40(12,13)23-26/h17,24-26H,16,18-23H2,1-15H3. The lowest BCUT2D eigenvalue weighted by molar-refractivity contribution is -0.276. The van der Waals surface area contributed by atoms with E-state index in [-0.39, 0.29) is 11.1 Å². The summed E-state index contributed by atoms with van der Waals surface area (Å²) in [7, 11) is 3.13. The van der Waals surface area contributed by atoms with Crippen LogP contribution in [0.15, 0.2) is 6.07 Å². The molecule has 0 amide bonds. The van der Waals surface area contributed by atoms with Gasteiger partial charge in [-0.25, -0.2) is 23.2 Å². The molecule has 3 aliphatic heterocycles. The van der Waals surface area contributed by atoms with E-state index in [0.717, 1.165) is 12.6 Å². The van der Waals surface area contributed by atoms with Crippen LogP contribution in [0.2, 0.25) is 0 Å². The van der Waals surface area contributed by atoms with Gasteiger partial charge in [0.25, 0.3) is 0 Å². The molecule has 53 heavy (non-hydrogen) atoms. The highest BCUT2D eigenvalue weighted by molar-refractivity contribution is 6.01. The molecule has 1 aromatic rings. The van der Waals surface area contributed by atoms with E-state index in [1.54, 1.807) is 14.2 Å². The maximum absolute atomic E-state index is 16.5. The van der Waals surface area contributed by atoms with Gasteiger partial charge in [0.2, 0.25) is 0 Å². The number of hydrogen-bond acceptors (Lipinski definition) is 11. The molecule has 3 heterocycles. The predicted octanol–water partition coefficient (Wildman–Crippen LogP) is 7.64. The number of carbonyl (C=O) groups is 3. The van der Waals surface area contributed by atoms with Crippen LogP contribution in [-0.4, -0.2) is 105 Å². The predicted molar refractivity (Wildman–Crippen MR) is 196 cm³/mol. The molecule has 0 spiro atoms. The van der Waals surface area contributed by atoms with Crippen molar-refractivity contribution >= 4 is 17.9 Å². The van der Waals surface area contributed by atoms with Crippen molar-refractivity contribution in [2.45, 2.75) is 180 Å². The monoisotopic (exact) mass is 751 g/mol. The number of halogens is 2. The quantitative estimate of drug-likeness (QED) is 0.184. The molecular weight excluding hydrogens is 688 g/mol. The van der Waals surface area contributed by atoms with Crippen molar-refractivity contribution in [1.82, 2.24) is 15.0 Å². The Morgan fingerprint density at radius 1 is 0.566 bits per heavy atom. The van der Waals surface area contributed by atoms with Crippen LogP contribution in [-0.2, 0) is 23.9 Å². The Labute approximate surface area is 314 Å². The van der Waals surface area contributed by atoms with Crippen LogP contribution < -0.4 is 0 Å². The van der Waals surface area contributed by atoms with Crippen molar-refractivity contribution in [3.8, 4) is 0 Å². The second-order valence-corrected chi connectivity index (χ2v) is 18.9. The third-order valence-corrected chi connectivity index (χ3v) is 11.4. The average Bonchev–Trinajstić information content (AvgIpc) is 2.93. The Bertz CT molecular complexity index is 1440. The Morgan fingerprint density at radius 2 is 0.849 bits per heavy atom. The largest absolute Gasteiger partial charge is 0.459 e. The van der Waals surface area contributed by atoms with Gasteiger partial charge in [0.05, 0.1) is 25.3 Å². The maximum atomic E-state index is 16.5. The topological polar surface area (TPSA) is 107 Å². The first-order valence-corrected chi connectivity index (χ1v) is 18.8. The second-order valence-electron chi connectivity index (χ2n) is 18.9. The first-order valence-electron chi connectivity index (χ1n) is 18.8. The van der Waals surface area contributed by atoms with E-state index in [2.05, 4.69) is 39.5 Å². The molecule has 0 atom stereocenters. The zero-order valence-electron chi connectivity index (χ0n) is 34.6. The Balaban J connectivity index is 1.73. The fourth-order valence-corrected chi connectivity index (χ4v) is 10.4. The lowest BCUT2D eigenvalue weighted by Crippen LogP contribution is -2.62. The number of rotatable bonds is 9. The van der Waals surface area contributed by atoms with E-state index in [0.29, 0.717) is 38.5 Å². The molecule has 3 fully saturated rings. The first kappa shape index (κ1) is 43.0. The summed E-state index contributed by atoms with van der Waals surface area (Å²) >= 11 is 0. The van der Waals surface area contributed by atoms with Crippen LogP contribution in [0.3, 0.4) is 0 Å². The first-order chi connectivity index (χ1) is 24.1. The van der Waals surface area contributed by atoms with E-state index < -0.39 is 86.7 Å². The molecule has 3 aliphatic rings. The smallest absolute Gasteiger partial charge is 0.344 e. The normalized spacial score (nSPS) is 24.8. The summed E-state index contributed by atoms with van der Waals surface area (Å²) in [6.45, 7) is 26.5. The van der Waals surface area contributed by atoms with Crippen molar-refractivity contribution in [2.24, 2.45) is 0 Å². The van der Waals surface area contributed by atoms with Crippen LogP contribution in [0, 0.1) is 11.6 Å². The van der Waals surface area contributed by atoms with Gasteiger partial charge in [0.1, 0.15) is 23.9 Å². The molecule has 0 aromatic heterocycles. The van der Waals surface area contributed by atoms with Gasteiger partial charge in [-0.3, -0.25) is 4.90 Å². The number of piperidine rings is 3. The van der Waals surface area contributed by atoms with Gasteiger partial charge in [0, 0.05) is 71.8 Å². The summed E-state index contributed by atoms with van der Waals surface area (Å²) in [4.78, 5) is 55.2. The summed E-state index contributed by atoms with van der Waals surface area (Å²) in [6.07, 6.45) is 0.141. The van der Waals surface area contributed by atoms with Crippen molar-refractivity contribution in [3.63, 3.8) is 0 Å². The Morgan fingerprint density at radius 3 is 1.13 bits per heavy atom. The minimum atomic E-state index is -1.46. The molecule has 0 N–H and O–H groups in total. The summed E-state index contributed by atoms with van der Waals surface area (Å²) in [5.74, 6) is -6.50. The number of hydrogen-bond donors (Lipinski definition) is 0. The van der Waals surface area contributed by atoms with Crippen molar-refractivity contribution in [2.75, 3.05) is 20.8 Å². The van der Waals surface area contributed by atoms with E-state index >= 15 is 8.78 Å². The van der Waals surface area contributed by atoms with Crippen LogP contribution in [0.5, 0.6) is 0 Å². The molecule has 4 rings (SSSR count). The molecule has 0 saturated carbocycles. The van der Waals surface area contributed by atoms with E-state index in [1.165, 1.54) is 0 Å². The molecule has 0 unspecified atom stereocenters. The number of carbonyl (C=O) groups excluding carboxylic acids is 3. The highest BCUT2D eigenvalue weighted by Gasteiger charge is 2.50. The van der Waals surface area contributed by atoms with E-state index in [1.807, 2.05) is 65.5 Å². The van der Waals surface area contributed by atoms with Crippen molar-refractivity contribution < 1.29 is 47.1 Å². The van der Waals surface area contributed by atoms with Gasteiger partial charge in [0.15, 0.2) is 11.6 Å². The number of hydroxylamine groups is 4. The number of nitrogens with zero attached hydrogens (tertiary/aromatic N) is 3. The summed E-state index contributed by atoms with van der Waals surface area (Å²) in [6, 6.07) is 0.799. The summed E-state index contributed by atoms with van der Waals surface area (Å²) in [5, 5.41) is 3.64. The van der Waals surface area contributed by atoms with Crippen LogP contribution in [0.25, 0.3) is 0 Å². The molecule has 0 radical (unpaired) electrons. The fourth-order valence-electron chi connectivity index (χ4n) is 10.4. The molecule has 13 heteroatoms. The molecule has 1 aromatic carbocycles. The molecule has 3 saturated heterocycles. The van der Waals surface area contributed by atoms with Gasteiger partial charge in [-0.1, -0.05) is 6.92 Å². The second kappa shape index (κ2) is 14.7. The minimum absolute atomic E-state index is 0.295. The van der Waals surface area contributed by atoms with Crippen LogP contribution in [0.1, 0.15) is 160 Å². The SMILES string of the molecule is CCN1C(C)(C)CC(OC(=O)c2cc(C(=O)OC3CC(C)(C)N(OC)C(C)(C)C3)c(F)c(C(=O)OC3CC(C)(C)N(OC)C(C)(C)C3)c2F)CC1(C)C. The number of likely N-dealkylation sites (tertiary alicyclic amines) is 1. The Kier molecular flexibility index (Phi) is 12.0.